The van der Waals surface area contributed by atoms with Gasteiger partial charge in [-0.3, -0.25) is 14.3 Å². The Balaban J connectivity index is 1.40. The number of aryl methyl sites for hydroxylation is 1. The van der Waals surface area contributed by atoms with E-state index < -0.39 is 0 Å². The zero-order chi connectivity index (χ0) is 19.7. The lowest BCUT2D eigenvalue weighted by atomic mass is 10.1. The van der Waals surface area contributed by atoms with Crippen molar-refractivity contribution in [3.05, 3.63) is 58.9 Å². The predicted octanol–water partition coefficient (Wildman–Crippen LogP) is 3.26. The molecule has 7 heteroatoms. The summed E-state index contributed by atoms with van der Waals surface area (Å²) in [7, 11) is 0. The minimum Gasteiger partial charge on any atom is -0.508 e. The van der Waals surface area contributed by atoms with Crippen LogP contribution in [0.3, 0.4) is 0 Å². The summed E-state index contributed by atoms with van der Waals surface area (Å²) in [5.74, 6) is 0.442. The molecule has 28 heavy (non-hydrogen) atoms. The molecule has 0 amide bonds. The maximum absolute atomic E-state index is 12.9. The number of aromatic hydroxyl groups is 1. The minimum atomic E-state index is 0.161. The van der Waals surface area contributed by atoms with Crippen LogP contribution in [0.2, 0.25) is 0 Å². The quantitative estimate of drug-likeness (QED) is 0.671. The number of ketones is 1. The number of rotatable bonds is 5. The fourth-order valence-corrected chi connectivity index (χ4v) is 4.53. The van der Waals surface area contributed by atoms with Crippen molar-refractivity contribution in [1.82, 2.24) is 14.5 Å². The highest BCUT2D eigenvalue weighted by molar-refractivity contribution is 7.12. The monoisotopic (exact) mass is 396 g/mol. The van der Waals surface area contributed by atoms with Crippen LogP contribution >= 0.6 is 11.3 Å². The molecule has 1 aliphatic rings. The van der Waals surface area contributed by atoms with Crippen molar-refractivity contribution < 1.29 is 9.90 Å². The number of hydrogen-bond donors (Lipinski definition) is 1. The van der Waals surface area contributed by atoms with Gasteiger partial charge in [0, 0.05) is 60.4 Å². The second-order valence-electron chi connectivity index (χ2n) is 7.14. The number of carbonyl (C=O) groups excluding carboxylic acids is 1. The molecule has 4 rings (SSSR count). The zero-order valence-electron chi connectivity index (χ0n) is 16.1. The molecule has 0 saturated carbocycles. The summed E-state index contributed by atoms with van der Waals surface area (Å²) in [6, 6.07) is 9.27. The normalized spacial score (nSPS) is 15.1. The van der Waals surface area contributed by atoms with Crippen molar-refractivity contribution in [2.75, 3.05) is 37.6 Å². The molecular formula is C21H24N4O2S. The van der Waals surface area contributed by atoms with E-state index in [1.54, 1.807) is 29.7 Å². The van der Waals surface area contributed by atoms with Crippen LogP contribution in [0.4, 0.5) is 5.69 Å². The average molecular weight is 397 g/mol. The largest absolute Gasteiger partial charge is 0.508 e. The maximum Gasteiger partial charge on any atom is 0.193 e. The molecule has 0 aliphatic carbocycles. The number of thiazole rings is 1. The molecule has 1 aromatic carbocycles. The van der Waals surface area contributed by atoms with Crippen LogP contribution in [0.1, 0.15) is 21.7 Å². The first kappa shape index (κ1) is 18.7. The van der Waals surface area contributed by atoms with E-state index in [-0.39, 0.29) is 11.5 Å². The third-order valence-electron chi connectivity index (χ3n) is 5.30. The predicted molar refractivity (Wildman–Crippen MR) is 112 cm³/mol. The van der Waals surface area contributed by atoms with Gasteiger partial charge in [-0.1, -0.05) is 0 Å². The molecular weight excluding hydrogens is 372 g/mol. The van der Waals surface area contributed by atoms with Gasteiger partial charge in [-0.15, -0.1) is 11.3 Å². The molecule has 146 valence electrons. The van der Waals surface area contributed by atoms with Crippen LogP contribution in [0.15, 0.2) is 41.9 Å². The molecule has 0 bridgehead atoms. The molecule has 1 fully saturated rings. The van der Waals surface area contributed by atoms with Crippen molar-refractivity contribution in [3.8, 4) is 10.9 Å². The number of piperazine rings is 1. The van der Waals surface area contributed by atoms with Crippen molar-refractivity contribution in [2.45, 2.75) is 13.8 Å². The second kappa shape index (κ2) is 7.77. The third-order valence-corrected chi connectivity index (χ3v) is 6.05. The molecule has 2 aromatic heterocycles. The number of hydrogen-bond acceptors (Lipinski definition) is 6. The number of anilines is 1. The summed E-state index contributed by atoms with van der Waals surface area (Å²) in [5.41, 5.74) is 3.89. The molecule has 3 aromatic rings. The number of nitrogens with zero attached hydrogens (tertiary/aromatic N) is 4. The topological polar surface area (TPSA) is 61.6 Å². The van der Waals surface area contributed by atoms with E-state index in [9.17, 15) is 9.90 Å². The van der Waals surface area contributed by atoms with E-state index in [1.807, 2.05) is 37.4 Å². The van der Waals surface area contributed by atoms with Crippen LogP contribution in [0, 0.1) is 13.8 Å². The summed E-state index contributed by atoms with van der Waals surface area (Å²) in [5, 5.41) is 12.3. The lowest BCUT2D eigenvalue weighted by Crippen LogP contribution is -2.48. The van der Waals surface area contributed by atoms with Gasteiger partial charge in [-0.2, -0.15) is 0 Å². The Morgan fingerprint density at radius 3 is 2.50 bits per heavy atom. The van der Waals surface area contributed by atoms with Gasteiger partial charge in [0.25, 0.3) is 0 Å². The van der Waals surface area contributed by atoms with E-state index in [1.165, 1.54) is 0 Å². The zero-order valence-corrected chi connectivity index (χ0v) is 16.9. The second-order valence-corrected chi connectivity index (χ2v) is 8.01. The molecule has 1 N–H and O–H groups in total. The molecule has 0 spiro atoms. The van der Waals surface area contributed by atoms with Crippen LogP contribution in [0.25, 0.3) is 5.13 Å². The molecule has 0 radical (unpaired) electrons. The molecule has 6 nitrogen and oxygen atoms in total. The summed E-state index contributed by atoms with van der Waals surface area (Å²) >= 11 is 1.57. The van der Waals surface area contributed by atoms with E-state index in [0.717, 1.165) is 53.9 Å². The van der Waals surface area contributed by atoms with Crippen molar-refractivity contribution in [1.29, 1.82) is 0 Å². The summed E-state index contributed by atoms with van der Waals surface area (Å²) < 4.78 is 2.06. The Kier molecular flexibility index (Phi) is 5.19. The average Bonchev–Trinajstić information content (AvgIpc) is 3.31. The number of Topliss-reactive ketones (excluding diaryl/α,β-unsaturated/α-hetero) is 1. The van der Waals surface area contributed by atoms with Crippen molar-refractivity contribution in [3.63, 3.8) is 0 Å². The molecule has 1 saturated heterocycles. The third kappa shape index (κ3) is 3.68. The minimum absolute atomic E-state index is 0.161. The number of aromatic nitrogens is 2. The number of phenols is 1. The van der Waals surface area contributed by atoms with E-state index in [4.69, 9.17) is 0 Å². The SMILES string of the molecule is Cc1cc(C(=O)CN2CCN(c3ccc(O)cc3)CC2)c(C)n1-c1nccs1. The smallest absolute Gasteiger partial charge is 0.193 e. The van der Waals surface area contributed by atoms with Crippen molar-refractivity contribution >= 4 is 22.8 Å². The lowest BCUT2D eigenvalue weighted by molar-refractivity contribution is 0.0926. The van der Waals surface area contributed by atoms with Gasteiger partial charge in [0.15, 0.2) is 10.9 Å². The highest BCUT2D eigenvalue weighted by Crippen LogP contribution is 2.23. The Bertz CT molecular complexity index is 955. The van der Waals surface area contributed by atoms with Gasteiger partial charge < -0.3 is 10.0 Å². The molecule has 0 atom stereocenters. The van der Waals surface area contributed by atoms with Crippen LogP contribution in [0.5, 0.6) is 5.75 Å². The van der Waals surface area contributed by atoms with Crippen LogP contribution in [-0.4, -0.2) is 58.1 Å². The summed E-state index contributed by atoms with van der Waals surface area (Å²) in [6.07, 6.45) is 1.79. The Hall–Kier alpha value is -2.64. The van der Waals surface area contributed by atoms with Gasteiger partial charge in [0.1, 0.15) is 5.75 Å². The highest BCUT2D eigenvalue weighted by Gasteiger charge is 2.23. The Morgan fingerprint density at radius 1 is 1.14 bits per heavy atom. The van der Waals surface area contributed by atoms with E-state index in [2.05, 4.69) is 19.4 Å². The number of carbonyl (C=O) groups is 1. The van der Waals surface area contributed by atoms with Gasteiger partial charge in [0.2, 0.25) is 0 Å². The van der Waals surface area contributed by atoms with E-state index >= 15 is 0 Å². The molecule has 3 heterocycles. The highest BCUT2D eigenvalue weighted by atomic mass is 32.1. The van der Waals surface area contributed by atoms with Crippen molar-refractivity contribution in [2.24, 2.45) is 0 Å². The van der Waals surface area contributed by atoms with Gasteiger partial charge in [-0.05, 0) is 44.2 Å². The van der Waals surface area contributed by atoms with Gasteiger partial charge >= 0.3 is 0 Å². The molecule has 0 unspecified atom stereocenters. The lowest BCUT2D eigenvalue weighted by Gasteiger charge is -2.35. The summed E-state index contributed by atoms with van der Waals surface area (Å²) in [6.45, 7) is 7.87. The Labute approximate surface area is 168 Å². The fraction of sp³-hybridized carbons (Fsp3) is 0.333. The molecule has 1 aliphatic heterocycles. The van der Waals surface area contributed by atoms with Crippen LogP contribution in [-0.2, 0) is 0 Å². The number of benzene rings is 1. The van der Waals surface area contributed by atoms with Gasteiger partial charge in [-0.25, -0.2) is 4.98 Å². The number of phenolic OH excluding ortho intramolecular Hbond substituents is 1. The fourth-order valence-electron chi connectivity index (χ4n) is 3.78. The first-order chi connectivity index (χ1) is 13.5. The van der Waals surface area contributed by atoms with E-state index in [0.29, 0.717) is 6.54 Å². The Morgan fingerprint density at radius 2 is 1.86 bits per heavy atom. The maximum atomic E-state index is 12.9. The van der Waals surface area contributed by atoms with Crippen LogP contribution < -0.4 is 4.90 Å². The first-order valence-corrected chi connectivity index (χ1v) is 10.3. The first-order valence-electron chi connectivity index (χ1n) is 9.41. The van der Waals surface area contributed by atoms with Gasteiger partial charge in [0.05, 0.1) is 6.54 Å². The summed E-state index contributed by atoms with van der Waals surface area (Å²) in [4.78, 5) is 21.8. The standard InChI is InChI=1S/C21H24N4O2S/c1-15-13-19(16(2)25(15)21-22-7-12-28-21)20(27)14-23-8-10-24(11-9-23)17-3-5-18(26)6-4-17/h3-7,12-13,26H,8-11,14H2,1-2H3.